The predicted octanol–water partition coefficient (Wildman–Crippen LogP) is 3.55. The van der Waals surface area contributed by atoms with E-state index in [1.165, 1.54) is 5.56 Å². The van der Waals surface area contributed by atoms with Crippen molar-refractivity contribution in [1.82, 2.24) is 0 Å². The number of aliphatic hydroxyl groups is 1. The Balaban J connectivity index is 2.04. The molecule has 3 heteroatoms. The molecule has 2 aromatic rings. The maximum Gasteiger partial charge on any atom is 0.115 e. The normalized spacial score (nSPS) is 12.3. The fourth-order valence-electron chi connectivity index (χ4n) is 2.22. The summed E-state index contributed by atoms with van der Waals surface area (Å²) < 4.78 is 1.05. The van der Waals surface area contributed by atoms with Crippen molar-refractivity contribution in [2.45, 2.75) is 12.8 Å². The van der Waals surface area contributed by atoms with Crippen LogP contribution in [0.15, 0.2) is 53.0 Å². The van der Waals surface area contributed by atoms with Gasteiger partial charge in [-0.05, 0) is 54.2 Å². The van der Waals surface area contributed by atoms with Crippen LogP contribution in [0.5, 0.6) is 5.75 Å². The van der Waals surface area contributed by atoms with Gasteiger partial charge < -0.3 is 10.2 Å². The molecule has 0 spiro atoms. The van der Waals surface area contributed by atoms with Crippen LogP contribution in [0, 0.1) is 5.92 Å². The van der Waals surface area contributed by atoms with Crippen LogP contribution in [0.1, 0.15) is 11.1 Å². The van der Waals surface area contributed by atoms with Gasteiger partial charge in [0.25, 0.3) is 0 Å². The van der Waals surface area contributed by atoms with Gasteiger partial charge >= 0.3 is 0 Å². The number of aliphatic hydroxyl groups excluding tert-OH is 1. The van der Waals surface area contributed by atoms with Crippen molar-refractivity contribution in [3.8, 4) is 5.75 Å². The van der Waals surface area contributed by atoms with Crippen molar-refractivity contribution in [2.75, 3.05) is 6.61 Å². The molecule has 0 aliphatic heterocycles. The zero-order valence-corrected chi connectivity index (χ0v) is 12.2. The lowest BCUT2D eigenvalue weighted by Crippen LogP contribution is -2.13. The Morgan fingerprint density at radius 2 is 1.58 bits per heavy atom. The Morgan fingerprint density at radius 3 is 2.16 bits per heavy atom. The summed E-state index contributed by atoms with van der Waals surface area (Å²) >= 11 is 3.45. The minimum Gasteiger partial charge on any atom is -0.508 e. The van der Waals surface area contributed by atoms with Crippen molar-refractivity contribution < 1.29 is 10.2 Å². The molecule has 2 N–H and O–H groups in total. The van der Waals surface area contributed by atoms with Crippen LogP contribution >= 0.6 is 15.9 Å². The zero-order chi connectivity index (χ0) is 13.7. The summed E-state index contributed by atoms with van der Waals surface area (Å²) in [5.74, 6) is 0.438. The van der Waals surface area contributed by atoms with Crippen molar-refractivity contribution >= 4 is 15.9 Å². The maximum atomic E-state index is 9.51. The number of rotatable bonds is 5. The number of hydrogen-bond acceptors (Lipinski definition) is 2. The standard InChI is InChI=1S/C16H17BrO2/c17-15-5-1-3-12(9-15)7-14(11-18)8-13-4-2-6-16(19)10-13/h1-6,9-10,14,18-19H,7-8,11H2. The Kier molecular flexibility index (Phi) is 5.00. The van der Waals surface area contributed by atoms with Gasteiger partial charge in [-0.1, -0.05) is 40.2 Å². The number of aromatic hydroxyl groups is 1. The molecule has 0 radical (unpaired) electrons. The molecule has 0 fully saturated rings. The fraction of sp³-hybridized carbons (Fsp3) is 0.250. The highest BCUT2D eigenvalue weighted by atomic mass is 79.9. The average Bonchev–Trinajstić information content (AvgIpc) is 2.38. The molecule has 1 unspecified atom stereocenters. The SMILES string of the molecule is OCC(Cc1cccc(O)c1)Cc1cccc(Br)c1. The molecular formula is C16H17BrO2. The second kappa shape index (κ2) is 6.73. The second-order valence-corrected chi connectivity index (χ2v) is 5.67. The third kappa shape index (κ3) is 4.37. The number of hydrogen-bond donors (Lipinski definition) is 2. The van der Waals surface area contributed by atoms with Crippen LogP contribution in [0.2, 0.25) is 0 Å². The number of halogens is 1. The molecule has 0 amide bonds. The highest BCUT2D eigenvalue weighted by molar-refractivity contribution is 9.10. The minimum absolute atomic E-state index is 0.141. The van der Waals surface area contributed by atoms with E-state index in [-0.39, 0.29) is 18.3 Å². The van der Waals surface area contributed by atoms with E-state index in [0.29, 0.717) is 0 Å². The molecule has 1 atom stereocenters. The van der Waals surface area contributed by atoms with E-state index in [4.69, 9.17) is 0 Å². The molecule has 0 aliphatic carbocycles. The van der Waals surface area contributed by atoms with Gasteiger partial charge in [-0.15, -0.1) is 0 Å². The zero-order valence-electron chi connectivity index (χ0n) is 10.6. The smallest absolute Gasteiger partial charge is 0.115 e. The molecule has 0 heterocycles. The Morgan fingerprint density at radius 1 is 0.947 bits per heavy atom. The first-order chi connectivity index (χ1) is 9.17. The van der Waals surface area contributed by atoms with E-state index in [2.05, 4.69) is 28.1 Å². The summed E-state index contributed by atoms with van der Waals surface area (Å²) in [6.07, 6.45) is 1.59. The first-order valence-electron chi connectivity index (χ1n) is 6.30. The topological polar surface area (TPSA) is 40.5 Å². The third-order valence-corrected chi connectivity index (χ3v) is 3.60. The van der Waals surface area contributed by atoms with E-state index < -0.39 is 0 Å². The monoisotopic (exact) mass is 320 g/mol. The van der Waals surface area contributed by atoms with Crippen molar-refractivity contribution in [3.05, 3.63) is 64.1 Å². The highest BCUT2D eigenvalue weighted by Crippen LogP contribution is 2.19. The van der Waals surface area contributed by atoms with Gasteiger partial charge in [-0.3, -0.25) is 0 Å². The van der Waals surface area contributed by atoms with E-state index in [1.807, 2.05) is 24.3 Å². The lowest BCUT2D eigenvalue weighted by Gasteiger charge is -2.14. The first-order valence-corrected chi connectivity index (χ1v) is 7.10. The second-order valence-electron chi connectivity index (χ2n) is 4.76. The summed E-state index contributed by atoms with van der Waals surface area (Å²) in [5, 5.41) is 19.0. The molecule has 0 aliphatic rings. The Labute approximate surface area is 121 Å². The van der Waals surface area contributed by atoms with Crippen molar-refractivity contribution in [2.24, 2.45) is 5.92 Å². The highest BCUT2D eigenvalue weighted by Gasteiger charge is 2.10. The van der Waals surface area contributed by atoms with Gasteiger partial charge in [0.15, 0.2) is 0 Å². The minimum atomic E-state index is 0.141. The molecule has 2 rings (SSSR count). The van der Waals surface area contributed by atoms with Gasteiger partial charge in [0.05, 0.1) is 0 Å². The van der Waals surface area contributed by atoms with Crippen LogP contribution in [0.3, 0.4) is 0 Å². The van der Waals surface area contributed by atoms with Gasteiger partial charge in [0.1, 0.15) is 5.75 Å². The van der Waals surface area contributed by atoms with E-state index in [1.54, 1.807) is 12.1 Å². The molecule has 100 valence electrons. The lowest BCUT2D eigenvalue weighted by molar-refractivity contribution is 0.225. The van der Waals surface area contributed by atoms with E-state index in [0.717, 1.165) is 22.9 Å². The molecule has 0 saturated carbocycles. The number of phenols is 1. The van der Waals surface area contributed by atoms with Gasteiger partial charge in [0, 0.05) is 11.1 Å². The maximum absolute atomic E-state index is 9.51. The third-order valence-electron chi connectivity index (χ3n) is 3.11. The average molecular weight is 321 g/mol. The first kappa shape index (κ1) is 14.1. The molecule has 2 aromatic carbocycles. The molecule has 19 heavy (non-hydrogen) atoms. The summed E-state index contributed by atoms with van der Waals surface area (Å²) in [6, 6.07) is 15.4. The largest absolute Gasteiger partial charge is 0.508 e. The summed E-state index contributed by atoms with van der Waals surface area (Å²) in [7, 11) is 0. The van der Waals surface area contributed by atoms with Crippen LogP contribution in [-0.4, -0.2) is 16.8 Å². The molecule has 0 bridgehead atoms. The van der Waals surface area contributed by atoms with Crippen LogP contribution in [0.25, 0.3) is 0 Å². The molecule has 0 saturated heterocycles. The van der Waals surface area contributed by atoms with Crippen molar-refractivity contribution in [1.29, 1.82) is 0 Å². The molecule has 2 nitrogen and oxygen atoms in total. The summed E-state index contributed by atoms with van der Waals surface area (Å²) in [5.41, 5.74) is 2.25. The summed E-state index contributed by atoms with van der Waals surface area (Å²) in [6.45, 7) is 0.141. The molecular weight excluding hydrogens is 304 g/mol. The summed E-state index contributed by atoms with van der Waals surface area (Å²) in [4.78, 5) is 0. The predicted molar refractivity (Wildman–Crippen MR) is 80.2 cm³/mol. The van der Waals surface area contributed by atoms with Crippen molar-refractivity contribution in [3.63, 3.8) is 0 Å². The Hall–Kier alpha value is -1.32. The molecule has 0 aromatic heterocycles. The Bertz CT molecular complexity index is 492. The lowest BCUT2D eigenvalue weighted by atomic mass is 9.93. The fourth-order valence-corrected chi connectivity index (χ4v) is 2.66. The number of phenolic OH excluding ortho intramolecular Hbond substituents is 1. The quantitative estimate of drug-likeness (QED) is 0.884. The van der Waals surface area contributed by atoms with Gasteiger partial charge in [-0.25, -0.2) is 0 Å². The van der Waals surface area contributed by atoms with E-state index >= 15 is 0 Å². The van der Waals surface area contributed by atoms with Crippen LogP contribution in [0.4, 0.5) is 0 Å². The van der Waals surface area contributed by atoms with Crippen LogP contribution < -0.4 is 0 Å². The van der Waals surface area contributed by atoms with Gasteiger partial charge in [-0.2, -0.15) is 0 Å². The van der Waals surface area contributed by atoms with Crippen LogP contribution in [-0.2, 0) is 12.8 Å². The number of benzene rings is 2. The van der Waals surface area contributed by atoms with E-state index in [9.17, 15) is 10.2 Å². The van der Waals surface area contributed by atoms with Gasteiger partial charge in [0.2, 0.25) is 0 Å².